The topological polar surface area (TPSA) is 55.4 Å². The van der Waals surface area contributed by atoms with Crippen LogP contribution >= 0.6 is 11.8 Å². The summed E-state index contributed by atoms with van der Waals surface area (Å²) in [5, 5.41) is 2.89. The fraction of sp³-hybridized carbons (Fsp3) is 0.364. The molecule has 1 amide bonds. The van der Waals surface area contributed by atoms with Crippen LogP contribution in [0.3, 0.4) is 0 Å². The molecule has 28 heavy (non-hydrogen) atoms. The van der Waals surface area contributed by atoms with E-state index in [0.717, 1.165) is 17.7 Å². The van der Waals surface area contributed by atoms with Gasteiger partial charge in [-0.05, 0) is 56.5 Å². The molecule has 0 aliphatic rings. The third-order valence-corrected chi connectivity index (χ3v) is 5.18. The van der Waals surface area contributed by atoms with Gasteiger partial charge in [0.2, 0.25) is 0 Å². The lowest BCUT2D eigenvalue weighted by atomic mass is 10.1. The fourth-order valence-electron chi connectivity index (χ4n) is 2.55. The highest BCUT2D eigenvalue weighted by atomic mass is 32.2. The summed E-state index contributed by atoms with van der Waals surface area (Å²) in [4.78, 5) is 25.0. The van der Waals surface area contributed by atoms with Crippen molar-refractivity contribution in [1.29, 1.82) is 0 Å². The van der Waals surface area contributed by atoms with Gasteiger partial charge in [0.1, 0.15) is 5.82 Å². The van der Waals surface area contributed by atoms with Crippen molar-refractivity contribution in [1.82, 2.24) is 5.32 Å². The first-order valence-electron chi connectivity index (χ1n) is 9.36. The van der Waals surface area contributed by atoms with Gasteiger partial charge in [0.15, 0.2) is 6.10 Å². The van der Waals surface area contributed by atoms with Gasteiger partial charge in [0.05, 0.1) is 6.42 Å². The Morgan fingerprint density at radius 3 is 2.43 bits per heavy atom. The van der Waals surface area contributed by atoms with Crippen LogP contribution in [-0.4, -0.2) is 29.8 Å². The minimum absolute atomic E-state index is 0.0112. The summed E-state index contributed by atoms with van der Waals surface area (Å²) >= 11 is 1.44. The Kier molecular flexibility index (Phi) is 9.01. The highest BCUT2D eigenvalue weighted by Gasteiger charge is 2.19. The lowest BCUT2D eigenvalue weighted by Crippen LogP contribution is -2.41. The fourth-order valence-corrected chi connectivity index (χ4v) is 3.39. The number of esters is 1. The first-order valence-corrected chi connectivity index (χ1v) is 10.3. The number of carbonyl (C=O) groups is 2. The van der Waals surface area contributed by atoms with E-state index >= 15 is 0 Å². The molecule has 4 nitrogen and oxygen atoms in total. The number of nitrogens with one attached hydrogen (secondary N) is 1. The normalized spacial score (nSPS) is 12.8. The summed E-state index contributed by atoms with van der Waals surface area (Å²) in [6.45, 7) is 3.51. The van der Waals surface area contributed by atoms with Crippen LogP contribution in [-0.2, 0) is 20.7 Å². The highest BCUT2D eigenvalue weighted by molar-refractivity contribution is 7.99. The minimum Gasteiger partial charge on any atom is -0.453 e. The molecule has 150 valence electrons. The molecule has 6 heteroatoms. The van der Waals surface area contributed by atoms with E-state index in [0.29, 0.717) is 5.75 Å². The number of amides is 1. The number of benzene rings is 2. The molecule has 2 atom stereocenters. The third kappa shape index (κ3) is 8.13. The van der Waals surface area contributed by atoms with Crippen LogP contribution in [0.5, 0.6) is 0 Å². The minimum atomic E-state index is -0.831. The van der Waals surface area contributed by atoms with Crippen LogP contribution in [0, 0.1) is 5.82 Å². The molecule has 0 aliphatic heterocycles. The summed E-state index contributed by atoms with van der Waals surface area (Å²) in [7, 11) is 0. The second-order valence-corrected chi connectivity index (χ2v) is 7.79. The monoisotopic (exact) mass is 403 g/mol. The number of hydrogen-bond donors (Lipinski definition) is 1. The molecule has 2 rings (SSSR count). The van der Waals surface area contributed by atoms with E-state index in [9.17, 15) is 14.0 Å². The van der Waals surface area contributed by atoms with E-state index in [4.69, 9.17) is 4.74 Å². The molecule has 2 aromatic rings. The standard InChI is InChI=1S/C22H26FNO3S/c1-16(8-9-18-6-4-3-5-7-18)24-22(26)17(2)27-21(25)14-15-28-20-12-10-19(23)11-13-20/h3-7,10-13,16-17H,8-9,14-15H2,1-2H3,(H,24,26)/t16-,17+/m1/s1. The maximum atomic E-state index is 12.9. The Hall–Kier alpha value is -2.34. The maximum absolute atomic E-state index is 12.9. The molecule has 0 unspecified atom stereocenters. The Bertz CT molecular complexity index is 752. The summed E-state index contributed by atoms with van der Waals surface area (Å²) in [5.41, 5.74) is 1.22. The smallest absolute Gasteiger partial charge is 0.307 e. The van der Waals surface area contributed by atoms with Gasteiger partial charge in [-0.2, -0.15) is 0 Å². The Morgan fingerprint density at radius 2 is 1.75 bits per heavy atom. The highest BCUT2D eigenvalue weighted by Crippen LogP contribution is 2.19. The van der Waals surface area contributed by atoms with Crippen molar-refractivity contribution < 1.29 is 18.7 Å². The zero-order chi connectivity index (χ0) is 20.4. The number of carbonyl (C=O) groups excluding carboxylic acids is 2. The zero-order valence-electron chi connectivity index (χ0n) is 16.2. The molecule has 0 aromatic heterocycles. The van der Waals surface area contributed by atoms with Gasteiger partial charge in [-0.3, -0.25) is 9.59 Å². The molecular formula is C22H26FNO3S. The SMILES string of the molecule is C[C@H](CCc1ccccc1)NC(=O)[C@H](C)OC(=O)CCSc1ccc(F)cc1. The molecule has 0 spiro atoms. The van der Waals surface area contributed by atoms with Gasteiger partial charge >= 0.3 is 5.97 Å². The molecule has 0 aliphatic carbocycles. The molecule has 0 fully saturated rings. The number of thioether (sulfide) groups is 1. The van der Waals surface area contributed by atoms with Gasteiger partial charge < -0.3 is 10.1 Å². The van der Waals surface area contributed by atoms with Crippen molar-refractivity contribution in [3.05, 3.63) is 66.0 Å². The van der Waals surface area contributed by atoms with Gasteiger partial charge in [0, 0.05) is 16.7 Å². The second-order valence-electron chi connectivity index (χ2n) is 6.62. The van der Waals surface area contributed by atoms with Crippen molar-refractivity contribution in [2.75, 3.05) is 5.75 Å². The van der Waals surface area contributed by atoms with E-state index in [1.54, 1.807) is 19.1 Å². The van der Waals surface area contributed by atoms with Crippen molar-refractivity contribution in [2.45, 2.75) is 50.2 Å². The average Bonchev–Trinajstić information content (AvgIpc) is 2.68. The predicted octanol–water partition coefficient (Wildman–Crippen LogP) is 4.38. The van der Waals surface area contributed by atoms with E-state index in [2.05, 4.69) is 17.4 Å². The molecule has 0 radical (unpaired) electrons. The molecule has 0 saturated carbocycles. The quantitative estimate of drug-likeness (QED) is 0.473. The maximum Gasteiger partial charge on any atom is 0.307 e. The number of ether oxygens (including phenoxy) is 1. The molecular weight excluding hydrogens is 377 g/mol. The van der Waals surface area contributed by atoms with Gasteiger partial charge in [-0.1, -0.05) is 30.3 Å². The first-order chi connectivity index (χ1) is 13.4. The summed E-state index contributed by atoms with van der Waals surface area (Å²) in [6, 6.07) is 16.2. The molecule has 1 N–H and O–H groups in total. The predicted molar refractivity (Wildman–Crippen MR) is 110 cm³/mol. The van der Waals surface area contributed by atoms with Crippen molar-refractivity contribution in [3.63, 3.8) is 0 Å². The Labute approximate surface area is 169 Å². The average molecular weight is 404 g/mol. The summed E-state index contributed by atoms with van der Waals surface area (Å²) in [5.74, 6) is -0.498. The third-order valence-electron chi connectivity index (χ3n) is 4.16. The van der Waals surface area contributed by atoms with Gasteiger partial charge in [-0.25, -0.2) is 4.39 Å². The first kappa shape index (κ1) is 22.0. The molecule has 0 saturated heterocycles. The Balaban J connectivity index is 1.64. The number of halogens is 1. The van der Waals surface area contributed by atoms with Crippen molar-refractivity contribution in [3.8, 4) is 0 Å². The van der Waals surface area contributed by atoms with Crippen LogP contribution in [0.2, 0.25) is 0 Å². The number of rotatable bonds is 10. The zero-order valence-corrected chi connectivity index (χ0v) is 17.0. The molecule has 0 heterocycles. The van der Waals surface area contributed by atoms with E-state index in [1.165, 1.54) is 29.5 Å². The Morgan fingerprint density at radius 1 is 1.07 bits per heavy atom. The van der Waals surface area contributed by atoms with Crippen LogP contribution in [0.4, 0.5) is 4.39 Å². The van der Waals surface area contributed by atoms with Crippen LogP contribution in [0.25, 0.3) is 0 Å². The van der Waals surface area contributed by atoms with Gasteiger partial charge in [-0.15, -0.1) is 11.8 Å². The second kappa shape index (κ2) is 11.5. The van der Waals surface area contributed by atoms with E-state index in [-0.39, 0.29) is 24.2 Å². The lowest BCUT2D eigenvalue weighted by Gasteiger charge is -2.18. The van der Waals surface area contributed by atoms with Crippen LogP contribution < -0.4 is 5.32 Å². The van der Waals surface area contributed by atoms with Crippen molar-refractivity contribution in [2.24, 2.45) is 0 Å². The van der Waals surface area contributed by atoms with E-state index < -0.39 is 12.1 Å². The van der Waals surface area contributed by atoms with Crippen LogP contribution in [0.15, 0.2) is 59.5 Å². The summed E-state index contributed by atoms with van der Waals surface area (Å²) in [6.07, 6.45) is 1.04. The number of aryl methyl sites for hydroxylation is 1. The van der Waals surface area contributed by atoms with Gasteiger partial charge in [0.25, 0.3) is 5.91 Å². The van der Waals surface area contributed by atoms with Crippen LogP contribution in [0.1, 0.15) is 32.3 Å². The molecule has 0 bridgehead atoms. The number of hydrogen-bond acceptors (Lipinski definition) is 4. The largest absolute Gasteiger partial charge is 0.453 e. The van der Waals surface area contributed by atoms with Crippen molar-refractivity contribution >= 4 is 23.6 Å². The lowest BCUT2D eigenvalue weighted by molar-refractivity contribution is -0.154. The molecule has 2 aromatic carbocycles. The summed E-state index contributed by atoms with van der Waals surface area (Å²) < 4.78 is 18.1. The van der Waals surface area contributed by atoms with E-state index in [1.807, 2.05) is 25.1 Å².